The third kappa shape index (κ3) is 3.65. The predicted octanol–water partition coefficient (Wildman–Crippen LogP) is 0.658. The van der Waals surface area contributed by atoms with Gasteiger partial charge in [-0.05, 0) is 29.8 Å². The number of carbonyl (C=O) groups excluding carboxylic acids is 1. The average molecular weight is 367 g/mol. The lowest BCUT2D eigenvalue weighted by Gasteiger charge is -2.00. The number of aromatic nitrogens is 1. The van der Waals surface area contributed by atoms with Gasteiger partial charge in [0.15, 0.2) is 18.9 Å². The number of halogens is 2. The maximum atomic E-state index is 13.3. The van der Waals surface area contributed by atoms with Crippen LogP contribution in [0.15, 0.2) is 73.1 Å². The van der Waals surface area contributed by atoms with Crippen molar-refractivity contribution in [2.75, 3.05) is 5.32 Å². The molecule has 2 heterocycles. The summed E-state index contributed by atoms with van der Waals surface area (Å²) in [6, 6.07) is 18.1. The summed E-state index contributed by atoms with van der Waals surface area (Å²) < 4.78 is 15.2. The monoisotopic (exact) mass is 366 g/mol. The Morgan fingerprint density at radius 1 is 1.00 bits per heavy atom. The largest absolute Gasteiger partial charge is 1.00 e. The summed E-state index contributed by atoms with van der Waals surface area (Å²) in [7, 11) is 0. The molecule has 0 saturated carbocycles. The highest BCUT2D eigenvalue weighted by Gasteiger charge is 2.23. The number of fused-ring (bicyclic) bond motifs is 1. The molecule has 0 bridgehead atoms. The van der Waals surface area contributed by atoms with E-state index < -0.39 is 0 Å². The summed E-state index contributed by atoms with van der Waals surface area (Å²) in [6.45, 7) is 0.595. The number of para-hydroxylation sites is 1. The topological polar surface area (TPSA) is 33.0 Å². The molecule has 0 spiro atoms. The number of hydrogen-bond acceptors (Lipinski definition) is 1. The van der Waals surface area contributed by atoms with Crippen molar-refractivity contribution in [2.45, 2.75) is 6.54 Å². The van der Waals surface area contributed by atoms with Gasteiger partial charge in [0.2, 0.25) is 0 Å². The number of benzene rings is 2. The van der Waals surface area contributed by atoms with Gasteiger partial charge in [0.25, 0.3) is 5.91 Å². The Labute approximate surface area is 157 Å². The Morgan fingerprint density at radius 2 is 1.77 bits per heavy atom. The third-order valence-corrected chi connectivity index (χ3v) is 4.19. The highest BCUT2D eigenvalue weighted by atomic mass is 35.5. The van der Waals surface area contributed by atoms with Crippen molar-refractivity contribution in [1.29, 1.82) is 0 Å². The van der Waals surface area contributed by atoms with Crippen molar-refractivity contribution in [3.63, 3.8) is 0 Å². The summed E-state index contributed by atoms with van der Waals surface area (Å²) in [5.41, 5.74) is 4.27. The second kappa shape index (κ2) is 7.50. The molecule has 1 aromatic heterocycles. The molecular weight excluding hydrogens is 351 g/mol. The first-order valence-electron chi connectivity index (χ1n) is 8.05. The predicted molar refractivity (Wildman–Crippen MR) is 95.1 cm³/mol. The van der Waals surface area contributed by atoms with Crippen LogP contribution < -0.4 is 22.3 Å². The third-order valence-electron chi connectivity index (χ3n) is 4.19. The molecule has 130 valence electrons. The first-order valence-corrected chi connectivity index (χ1v) is 8.05. The van der Waals surface area contributed by atoms with Crippen molar-refractivity contribution in [3.05, 3.63) is 95.6 Å². The molecular formula is C21H16ClFN2O. The van der Waals surface area contributed by atoms with Crippen LogP contribution in [0.3, 0.4) is 0 Å². The molecule has 0 fully saturated rings. The number of hydrogen-bond donors (Lipinski definition) is 1. The number of pyridine rings is 1. The molecule has 4 rings (SSSR count). The van der Waals surface area contributed by atoms with Crippen molar-refractivity contribution >= 4 is 23.2 Å². The number of anilines is 1. The standard InChI is InChI=1S/C21H15FN2O.ClH/c22-17-5-3-4-16(12-17)14-24-10-8-15(9-11-24)13-19-18-6-1-2-7-20(18)23-21(19)25;/h1-13H,14H2;1H. The van der Waals surface area contributed by atoms with E-state index in [0.29, 0.717) is 12.1 Å². The molecule has 5 heteroatoms. The fourth-order valence-electron chi connectivity index (χ4n) is 2.97. The van der Waals surface area contributed by atoms with Crippen molar-refractivity contribution in [1.82, 2.24) is 0 Å². The maximum Gasteiger partial charge on any atom is 0.256 e. The molecule has 1 aliphatic heterocycles. The zero-order valence-corrected chi connectivity index (χ0v) is 14.6. The second-order valence-electron chi connectivity index (χ2n) is 5.99. The van der Waals surface area contributed by atoms with E-state index in [9.17, 15) is 9.18 Å². The minimum atomic E-state index is -0.231. The molecule has 26 heavy (non-hydrogen) atoms. The van der Waals surface area contributed by atoms with Crippen LogP contribution in [-0.2, 0) is 11.3 Å². The Kier molecular flexibility index (Phi) is 5.14. The molecule has 0 saturated heterocycles. The van der Waals surface area contributed by atoms with E-state index in [1.807, 2.05) is 65.5 Å². The Bertz CT molecular complexity index is 983. The van der Waals surface area contributed by atoms with Crippen LogP contribution in [0.2, 0.25) is 0 Å². The number of nitrogens with one attached hydrogen (secondary N) is 1. The van der Waals surface area contributed by atoms with E-state index in [-0.39, 0.29) is 24.1 Å². The minimum absolute atomic E-state index is 0. The van der Waals surface area contributed by atoms with Gasteiger partial charge in [-0.15, -0.1) is 0 Å². The lowest BCUT2D eigenvalue weighted by molar-refractivity contribution is -0.688. The van der Waals surface area contributed by atoms with E-state index in [2.05, 4.69) is 5.32 Å². The van der Waals surface area contributed by atoms with Gasteiger partial charge in [-0.1, -0.05) is 30.3 Å². The van der Waals surface area contributed by atoms with Gasteiger partial charge in [-0.2, -0.15) is 0 Å². The molecule has 3 nitrogen and oxygen atoms in total. The molecule has 0 atom stereocenters. The van der Waals surface area contributed by atoms with Gasteiger partial charge in [-0.25, -0.2) is 8.96 Å². The summed E-state index contributed by atoms with van der Waals surface area (Å²) in [5.74, 6) is -0.317. The van der Waals surface area contributed by atoms with Crippen molar-refractivity contribution in [2.24, 2.45) is 0 Å². The molecule has 3 aromatic rings. The normalized spacial score (nSPS) is 13.9. The van der Waals surface area contributed by atoms with Crippen LogP contribution in [0.4, 0.5) is 10.1 Å². The molecule has 2 aromatic carbocycles. The van der Waals surface area contributed by atoms with Gasteiger partial charge in [0.05, 0.1) is 0 Å². The summed E-state index contributed by atoms with van der Waals surface area (Å²) >= 11 is 0. The summed E-state index contributed by atoms with van der Waals surface area (Å²) in [6.07, 6.45) is 5.74. The maximum absolute atomic E-state index is 13.3. The molecule has 0 unspecified atom stereocenters. The van der Waals surface area contributed by atoms with E-state index in [0.717, 1.165) is 22.4 Å². The van der Waals surface area contributed by atoms with E-state index in [4.69, 9.17) is 0 Å². The zero-order valence-electron chi connectivity index (χ0n) is 13.8. The molecule has 1 N–H and O–H groups in total. The van der Waals surface area contributed by atoms with Crippen LogP contribution in [0.25, 0.3) is 11.6 Å². The highest BCUT2D eigenvalue weighted by molar-refractivity contribution is 6.34. The van der Waals surface area contributed by atoms with E-state index in [1.165, 1.54) is 12.1 Å². The van der Waals surface area contributed by atoms with Gasteiger partial charge >= 0.3 is 0 Å². The number of rotatable bonds is 3. The average Bonchev–Trinajstić information content (AvgIpc) is 2.92. The first kappa shape index (κ1) is 17.8. The molecule has 1 amide bonds. The lowest BCUT2D eigenvalue weighted by atomic mass is 10.0. The molecule has 0 radical (unpaired) electrons. The Balaban J connectivity index is 0.00000196. The number of amides is 1. The summed E-state index contributed by atoms with van der Waals surface area (Å²) in [4.78, 5) is 12.2. The van der Waals surface area contributed by atoms with Crippen molar-refractivity contribution < 1.29 is 26.2 Å². The van der Waals surface area contributed by atoms with Crippen molar-refractivity contribution in [3.8, 4) is 0 Å². The van der Waals surface area contributed by atoms with Gasteiger partial charge in [0, 0.05) is 34.5 Å². The zero-order chi connectivity index (χ0) is 17.2. The summed E-state index contributed by atoms with van der Waals surface area (Å²) in [5, 5.41) is 2.87. The van der Waals surface area contributed by atoms with Crippen LogP contribution in [0, 0.1) is 5.82 Å². The van der Waals surface area contributed by atoms with Gasteiger partial charge in [0.1, 0.15) is 5.82 Å². The van der Waals surface area contributed by atoms with Crippen LogP contribution in [-0.4, -0.2) is 5.91 Å². The van der Waals surface area contributed by atoms with Crippen LogP contribution in [0.1, 0.15) is 16.7 Å². The quantitative estimate of drug-likeness (QED) is 0.536. The SMILES string of the molecule is O=C1Nc2ccccc2/C1=C\c1cc[n+](Cc2cccc(F)c2)cc1.[Cl-]. The molecule has 1 aliphatic rings. The van der Waals surface area contributed by atoms with Crippen LogP contribution >= 0.6 is 0 Å². The fraction of sp³-hybridized carbons (Fsp3) is 0.0476. The highest BCUT2D eigenvalue weighted by Crippen LogP contribution is 2.32. The number of nitrogens with zero attached hydrogens (tertiary/aromatic N) is 1. The van der Waals surface area contributed by atoms with E-state index >= 15 is 0 Å². The fourth-order valence-corrected chi connectivity index (χ4v) is 2.97. The van der Waals surface area contributed by atoms with Gasteiger partial charge < -0.3 is 17.7 Å². The smallest absolute Gasteiger partial charge is 0.256 e. The van der Waals surface area contributed by atoms with Gasteiger partial charge in [-0.3, -0.25) is 4.79 Å². The minimum Gasteiger partial charge on any atom is -1.00 e. The Morgan fingerprint density at radius 3 is 2.54 bits per heavy atom. The lowest BCUT2D eigenvalue weighted by Crippen LogP contribution is -3.00. The van der Waals surface area contributed by atoms with Crippen LogP contribution in [0.5, 0.6) is 0 Å². The second-order valence-corrected chi connectivity index (χ2v) is 5.99. The molecule has 0 aliphatic carbocycles. The van der Waals surface area contributed by atoms with E-state index in [1.54, 1.807) is 6.07 Å². The number of carbonyl (C=O) groups is 1. The Hall–Kier alpha value is -2.98. The first-order chi connectivity index (χ1) is 12.2.